The van der Waals surface area contributed by atoms with Crippen LogP contribution in [0, 0.1) is 11.6 Å². The average molecular weight is 429 g/mol. The van der Waals surface area contributed by atoms with Gasteiger partial charge in [-0.05, 0) is 41.7 Å². The summed E-state index contributed by atoms with van der Waals surface area (Å²) in [7, 11) is 0. The zero-order valence-corrected chi connectivity index (χ0v) is 17.1. The molecule has 4 N–H and O–H groups in total. The van der Waals surface area contributed by atoms with Gasteiger partial charge in [0, 0.05) is 37.2 Å². The lowest BCUT2D eigenvalue weighted by Gasteiger charge is -2.23. The van der Waals surface area contributed by atoms with Crippen LogP contribution in [0.3, 0.4) is 0 Å². The maximum Gasteiger partial charge on any atom is 0.374 e. The molecular formula is C23H25F2N3O3. The van der Waals surface area contributed by atoms with Crippen molar-refractivity contribution in [3.8, 4) is 0 Å². The first kappa shape index (κ1) is 22.6. The van der Waals surface area contributed by atoms with E-state index in [9.17, 15) is 13.6 Å². The van der Waals surface area contributed by atoms with Gasteiger partial charge >= 0.3 is 5.97 Å². The molecule has 0 radical (unpaired) electrons. The third-order valence-corrected chi connectivity index (χ3v) is 5.12. The van der Waals surface area contributed by atoms with Crippen LogP contribution >= 0.6 is 0 Å². The molecule has 0 aliphatic carbocycles. The second-order valence-corrected chi connectivity index (χ2v) is 7.48. The number of rotatable bonds is 10. The Kier molecular flexibility index (Phi) is 7.49. The average Bonchev–Trinajstić information content (AvgIpc) is 3.20. The molecule has 0 unspecified atom stereocenters. The first-order valence-corrected chi connectivity index (χ1v) is 10.0. The molecule has 0 saturated carbocycles. The number of aromatic nitrogens is 1. The van der Waals surface area contributed by atoms with E-state index in [0.717, 1.165) is 18.1 Å². The zero-order valence-electron chi connectivity index (χ0n) is 17.1. The Labute approximate surface area is 179 Å². The van der Waals surface area contributed by atoms with Crippen molar-refractivity contribution in [3.05, 3.63) is 88.3 Å². The normalized spacial score (nSPS) is 13.2. The highest BCUT2D eigenvalue weighted by Gasteiger charge is 2.25. The van der Waals surface area contributed by atoms with Gasteiger partial charge in [0.2, 0.25) is 5.76 Å². The van der Waals surface area contributed by atoms with E-state index >= 15 is 0 Å². The molecule has 0 bridgehead atoms. The van der Waals surface area contributed by atoms with Gasteiger partial charge in [0.05, 0.1) is 5.69 Å². The Morgan fingerprint density at radius 1 is 1.13 bits per heavy atom. The number of aryl methyl sites for hydroxylation is 1. The fraction of sp³-hybridized carbons (Fsp3) is 0.304. The van der Waals surface area contributed by atoms with Gasteiger partial charge in [-0.15, -0.1) is 0 Å². The first-order valence-electron chi connectivity index (χ1n) is 10.0. The summed E-state index contributed by atoms with van der Waals surface area (Å²) in [5.41, 5.74) is 9.49. The monoisotopic (exact) mass is 429 g/mol. The number of nitrogens with zero attached hydrogens (tertiary/aromatic N) is 1. The second kappa shape index (κ2) is 10.3. The van der Waals surface area contributed by atoms with Gasteiger partial charge < -0.3 is 20.7 Å². The Morgan fingerprint density at radius 2 is 1.84 bits per heavy atom. The van der Waals surface area contributed by atoms with E-state index in [-0.39, 0.29) is 12.2 Å². The minimum absolute atomic E-state index is 0.182. The van der Waals surface area contributed by atoms with Crippen LogP contribution in [0.4, 0.5) is 8.78 Å². The molecule has 2 atom stereocenters. The molecule has 6 nitrogen and oxygen atoms in total. The number of hydrogen-bond donors (Lipinski definition) is 3. The maximum atomic E-state index is 13.6. The molecule has 1 heterocycles. The smallest absolute Gasteiger partial charge is 0.374 e. The fourth-order valence-corrected chi connectivity index (χ4v) is 3.51. The number of nitrogens with two attached hydrogens (primary N) is 1. The Morgan fingerprint density at radius 3 is 2.48 bits per heavy atom. The maximum absolute atomic E-state index is 13.6. The van der Waals surface area contributed by atoms with E-state index in [1.807, 2.05) is 12.1 Å². The van der Waals surface area contributed by atoms with Crippen molar-refractivity contribution in [1.29, 1.82) is 0 Å². The summed E-state index contributed by atoms with van der Waals surface area (Å²) in [6, 6.07) is 12.2. The van der Waals surface area contributed by atoms with Crippen LogP contribution in [0.1, 0.15) is 45.8 Å². The molecule has 8 heteroatoms. The van der Waals surface area contributed by atoms with Crippen molar-refractivity contribution in [2.24, 2.45) is 5.73 Å². The molecule has 0 amide bonds. The summed E-state index contributed by atoms with van der Waals surface area (Å²) in [5, 5.41) is 16.3. The van der Waals surface area contributed by atoms with Crippen LogP contribution in [-0.4, -0.2) is 28.8 Å². The van der Waals surface area contributed by atoms with Crippen molar-refractivity contribution in [2.45, 2.75) is 38.3 Å². The predicted octanol–water partition coefficient (Wildman–Crippen LogP) is 3.66. The van der Waals surface area contributed by atoms with Crippen molar-refractivity contribution in [1.82, 2.24) is 10.5 Å². The summed E-state index contributed by atoms with van der Waals surface area (Å²) >= 11 is 0. The molecule has 2 aromatic carbocycles. The third kappa shape index (κ3) is 6.19. The van der Waals surface area contributed by atoms with Crippen molar-refractivity contribution in [3.63, 3.8) is 0 Å². The van der Waals surface area contributed by atoms with E-state index in [2.05, 4.69) is 29.5 Å². The Bertz CT molecular complexity index is 1020. The molecule has 3 aromatic rings. The molecule has 0 fully saturated rings. The van der Waals surface area contributed by atoms with Gasteiger partial charge in [0.15, 0.2) is 0 Å². The number of hydrogen-bond acceptors (Lipinski definition) is 5. The van der Waals surface area contributed by atoms with Gasteiger partial charge in [-0.1, -0.05) is 36.3 Å². The molecule has 1 aromatic heterocycles. The summed E-state index contributed by atoms with van der Waals surface area (Å²) < 4.78 is 32.0. The molecule has 164 valence electrons. The van der Waals surface area contributed by atoms with Crippen LogP contribution in [0.15, 0.2) is 53.1 Å². The van der Waals surface area contributed by atoms with Crippen LogP contribution in [-0.2, 0) is 19.4 Å². The fourth-order valence-electron chi connectivity index (χ4n) is 3.51. The van der Waals surface area contributed by atoms with Crippen LogP contribution in [0.2, 0.25) is 0 Å². The summed E-state index contributed by atoms with van der Waals surface area (Å²) in [4.78, 5) is 11.2. The number of benzene rings is 2. The molecule has 3 rings (SSSR count). The van der Waals surface area contributed by atoms with Gasteiger partial charge in [-0.2, -0.15) is 0 Å². The lowest BCUT2D eigenvalue weighted by molar-refractivity contribution is 0.0652. The molecule has 0 aliphatic rings. The highest BCUT2D eigenvalue weighted by molar-refractivity contribution is 5.84. The first-order chi connectivity index (χ1) is 14.9. The highest BCUT2D eigenvalue weighted by atomic mass is 19.1. The molecule has 0 spiro atoms. The SMILES string of the molecule is CCc1cccc(CNC[C@@H](c2cc(C(=O)O)on2)[C@@H](N)Cc2cc(F)cc(F)c2)c1. The number of nitrogens with one attached hydrogen (secondary N) is 1. The molecular weight excluding hydrogens is 404 g/mol. The van der Waals surface area contributed by atoms with E-state index in [4.69, 9.17) is 15.4 Å². The summed E-state index contributed by atoms with van der Waals surface area (Å²) in [5.74, 6) is -3.32. The third-order valence-electron chi connectivity index (χ3n) is 5.12. The highest BCUT2D eigenvalue weighted by Crippen LogP contribution is 2.22. The van der Waals surface area contributed by atoms with Gasteiger partial charge in [-0.25, -0.2) is 13.6 Å². The topological polar surface area (TPSA) is 101 Å². The zero-order chi connectivity index (χ0) is 22.4. The van der Waals surface area contributed by atoms with E-state index in [1.165, 1.54) is 23.8 Å². The van der Waals surface area contributed by atoms with Crippen molar-refractivity contribution < 1.29 is 23.2 Å². The lowest BCUT2D eigenvalue weighted by Crippen LogP contribution is -2.37. The number of halogens is 2. The number of carboxylic acid groups (broad SMARTS) is 1. The lowest BCUT2D eigenvalue weighted by atomic mass is 9.91. The van der Waals surface area contributed by atoms with Crippen molar-refractivity contribution >= 4 is 5.97 Å². The van der Waals surface area contributed by atoms with E-state index in [1.54, 1.807) is 0 Å². The Balaban J connectivity index is 1.75. The van der Waals surface area contributed by atoms with E-state index in [0.29, 0.717) is 24.3 Å². The van der Waals surface area contributed by atoms with Gasteiger partial charge in [-0.3, -0.25) is 0 Å². The Hall–Kier alpha value is -3.10. The van der Waals surface area contributed by atoms with Gasteiger partial charge in [0.1, 0.15) is 11.6 Å². The molecule has 31 heavy (non-hydrogen) atoms. The number of aromatic carboxylic acids is 1. The molecule has 0 aliphatic heterocycles. The van der Waals surface area contributed by atoms with Crippen LogP contribution in [0.5, 0.6) is 0 Å². The quantitative estimate of drug-likeness (QED) is 0.455. The summed E-state index contributed by atoms with van der Waals surface area (Å²) in [6.07, 6.45) is 1.12. The van der Waals surface area contributed by atoms with E-state index < -0.39 is 29.6 Å². The number of carbonyl (C=O) groups is 1. The van der Waals surface area contributed by atoms with Crippen LogP contribution < -0.4 is 11.1 Å². The van der Waals surface area contributed by atoms with Gasteiger partial charge in [0.25, 0.3) is 0 Å². The minimum Gasteiger partial charge on any atom is -0.475 e. The minimum atomic E-state index is -1.23. The predicted molar refractivity (Wildman–Crippen MR) is 112 cm³/mol. The standard InChI is InChI=1S/C23H25F2N3O3/c1-2-14-4-3-5-15(6-14)12-27-13-19(21-11-22(23(29)30)31-28-21)20(26)9-16-7-17(24)10-18(25)8-16/h3-8,10-11,19-20,27H,2,9,12-13,26H2,1H3,(H,29,30)/t19-,20+/m1/s1. The van der Waals surface area contributed by atoms with Crippen molar-refractivity contribution in [2.75, 3.05) is 6.54 Å². The number of carboxylic acids is 1. The molecule has 0 saturated heterocycles. The summed E-state index contributed by atoms with van der Waals surface area (Å²) in [6.45, 7) is 3.04. The van der Waals surface area contributed by atoms with Crippen LogP contribution in [0.25, 0.3) is 0 Å². The second-order valence-electron chi connectivity index (χ2n) is 7.48. The largest absolute Gasteiger partial charge is 0.475 e.